The molecule has 0 spiro atoms. The zero-order valence-corrected chi connectivity index (χ0v) is 15.2. The normalized spacial score (nSPS) is 18.5. The van der Waals surface area contributed by atoms with Gasteiger partial charge in [-0.2, -0.15) is 0 Å². The van der Waals surface area contributed by atoms with E-state index in [1.165, 1.54) is 0 Å². The summed E-state index contributed by atoms with van der Waals surface area (Å²) in [5, 5.41) is 12.7. The van der Waals surface area contributed by atoms with Crippen molar-refractivity contribution in [1.82, 2.24) is 4.90 Å². The maximum atomic E-state index is 12.9. The molecule has 6 nitrogen and oxygen atoms in total. The summed E-state index contributed by atoms with van der Waals surface area (Å²) >= 11 is 5.60. The largest absolute Gasteiger partial charge is 0.466 e. The van der Waals surface area contributed by atoms with Crippen molar-refractivity contribution in [1.29, 1.82) is 0 Å². The Labute approximate surface area is 153 Å². The molecule has 1 amide bonds. The molecule has 2 N–H and O–H groups in total. The molecule has 1 saturated heterocycles. The molecule has 0 aromatic heterocycles. The number of halogens is 1. The first-order valence-electron chi connectivity index (χ1n) is 8.59. The lowest BCUT2D eigenvalue weighted by Crippen LogP contribution is -2.43. The number of rotatable bonds is 7. The lowest BCUT2D eigenvalue weighted by atomic mass is 9.97. The Balaban J connectivity index is 2.08. The fourth-order valence-electron chi connectivity index (χ4n) is 2.89. The lowest BCUT2D eigenvalue weighted by molar-refractivity contribution is -0.149. The molecule has 0 radical (unpaired) electrons. The predicted molar refractivity (Wildman–Crippen MR) is 96.9 cm³/mol. The van der Waals surface area contributed by atoms with Gasteiger partial charge in [-0.25, -0.2) is 0 Å². The maximum Gasteiger partial charge on any atom is 0.310 e. The second-order valence-electron chi connectivity index (χ2n) is 6.08. The third kappa shape index (κ3) is 5.34. The van der Waals surface area contributed by atoms with E-state index in [1.807, 2.05) is 6.07 Å². The van der Waals surface area contributed by atoms with E-state index in [2.05, 4.69) is 5.32 Å². The first kappa shape index (κ1) is 19.5. The Kier molecular flexibility index (Phi) is 7.52. The van der Waals surface area contributed by atoms with Gasteiger partial charge in [0.2, 0.25) is 0 Å². The van der Waals surface area contributed by atoms with Gasteiger partial charge in [-0.3, -0.25) is 9.59 Å². The molecule has 1 aromatic carbocycles. The molecule has 2 atom stereocenters. The summed E-state index contributed by atoms with van der Waals surface area (Å²) in [6, 6.07) is 7.15. The van der Waals surface area contributed by atoms with Gasteiger partial charge in [0.25, 0.3) is 5.91 Å². The van der Waals surface area contributed by atoms with Gasteiger partial charge < -0.3 is 20.1 Å². The average molecular weight is 369 g/mol. The van der Waals surface area contributed by atoms with E-state index in [9.17, 15) is 14.7 Å². The molecule has 138 valence electrons. The summed E-state index contributed by atoms with van der Waals surface area (Å²) in [6.07, 6.45) is 0.827. The standard InChI is InChI=1S/C18H25ClN2O4/c1-2-25-18(24)13-6-5-9-21(12-13)17(23)15-7-3-4-8-16(15)20-11-14(22)10-19/h3-4,7-8,13-14,20,22H,2,5-6,9-12H2,1H3. The van der Waals surface area contributed by atoms with E-state index < -0.39 is 6.10 Å². The van der Waals surface area contributed by atoms with Gasteiger partial charge in [0.15, 0.2) is 0 Å². The van der Waals surface area contributed by atoms with Crippen molar-refractivity contribution in [3.8, 4) is 0 Å². The SMILES string of the molecule is CCOC(=O)C1CCCN(C(=O)c2ccccc2NCC(O)CCl)C1. The molecule has 1 aromatic rings. The number of carbonyl (C=O) groups is 2. The molecule has 25 heavy (non-hydrogen) atoms. The Morgan fingerprint density at radius 1 is 1.44 bits per heavy atom. The number of piperidine rings is 1. The number of hydrogen-bond donors (Lipinski definition) is 2. The van der Waals surface area contributed by atoms with Gasteiger partial charge in [-0.05, 0) is 31.9 Å². The van der Waals surface area contributed by atoms with Crippen LogP contribution in [0.1, 0.15) is 30.1 Å². The predicted octanol–water partition coefficient (Wildman–Crippen LogP) is 2.11. The van der Waals surface area contributed by atoms with E-state index >= 15 is 0 Å². The van der Waals surface area contributed by atoms with Gasteiger partial charge in [0.1, 0.15) is 0 Å². The van der Waals surface area contributed by atoms with Crippen LogP contribution in [0.25, 0.3) is 0 Å². The quantitative estimate of drug-likeness (QED) is 0.569. The first-order chi connectivity index (χ1) is 12.1. The number of nitrogens with one attached hydrogen (secondary N) is 1. The summed E-state index contributed by atoms with van der Waals surface area (Å²) in [5.41, 5.74) is 1.17. The Morgan fingerprint density at radius 3 is 2.92 bits per heavy atom. The number of ether oxygens (including phenoxy) is 1. The molecule has 0 saturated carbocycles. The molecular formula is C18H25ClN2O4. The molecule has 1 aliphatic rings. The summed E-state index contributed by atoms with van der Waals surface area (Å²) in [5.74, 6) is -0.513. The number of aliphatic hydroxyl groups excluding tert-OH is 1. The number of amides is 1. The number of esters is 1. The molecule has 1 heterocycles. The number of nitrogens with zero attached hydrogens (tertiary/aromatic N) is 1. The number of carbonyl (C=O) groups excluding carboxylic acids is 2. The average Bonchev–Trinajstić information content (AvgIpc) is 2.66. The second-order valence-corrected chi connectivity index (χ2v) is 6.39. The minimum Gasteiger partial charge on any atom is -0.466 e. The monoisotopic (exact) mass is 368 g/mol. The highest BCUT2D eigenvalue weighted by Crippen LogP contribution is 2.23. The number of hydrogen-bond acceptors (Lipinski definition) is 5. The zero-order chi connectivity index (χ0) is 18.2. The second kappa shape index (κ2) is 9.63. The van der Waals surface area contributed by atoms with Gasteiger partial charge in [0, 0.05) is 25.3 Å². The Bertz CT molecular complexity index is 596. The van der Waals surface area contributed by atoms with Crippen LogP contribution in [0.15, 0.2) is 24.3 Å². The van der Waals surface area contributed by atoms with Gasteiger partial charge >= 0.3 is 5.97 Å². The molecule has 1 fully saturated rings. The zero-order valence-electron chi connectivity index (χ0n) is 14.4. The highest BCUT2D eigenvalue weighted by atomic mass is 35.5. The molecule has 7 heteroatoms. The Hall–Kier alpha value is -1.79. The minimum absolute atomic E-state index is 0.121. The van der Waals surface area contributed by atoms with Crippen molar-refractivity contribution in [2.45, 2.75) is 25.9 Å². The van der Waals surface area contributed by atoms with E-state index in [0.29, 0.717) is 30.9 Å². The molecular weight excluding hydrogens is 344 g/mol. The van der Waals surface area contributed by atoms with Crippen LogP contribution in [-0.2, 0) is 9.53 Å². The number of alkyl halides is 1. The van der Waals surface area contributed by atoms with Crippen LogP contribution < -0.4 is 5.32 Å². The summed E-state index contributed by atoms with van der Waals surface area (Å²) < 4.78 is 5.09. The number of anilines is 1. The third-order valence-corrected chi connectivity index (χ3v) is 4.55. The molecule has 2 unspecified atom stereocenters. The van der Waals surface area contributed by atoms with Crippen molar-refractivity contribution in [2.24, 2.45) is 5.92 Å². The van der Waals surface area contributed by atoms with Crippen molar-refractivity contribution < 1.29 is 19.4 Å². The number of likely N-dealkylation sites (tertiary alicyclic amines) is 1. The van der Waals surface area contributed by atoms with Crippen LogP contribution >= 0.6 is 11.6 Å². The van der Waals surface area contributed by atoms with E-state index in [0.717, 1.165) is 12.8 Å². The number of benzene rings is 1. The van der Waals surface area contributed by atoms with Crippen LogP contribution in [-0.4, -0.2) is 60.1 Å². The highest BCUT2D eigenvalue weighted by molar-refractivity contribution is 6.18. The number of aliphatic hydroxyl groups is 1. The fraction of sp³-hybridized carbons (Fsp3) is 0.556. The molecule has 0 aliphatic carbocycles. The summed E-state index contributed by atoms with van der Waals surface area (Å²) in [6.45, 7) is 3.38. The molecule has 2 rings (SSSR count). The third-order valence-electron chi connectivity index (χ3n) is 4.19. The van der Waals surface area contributed by atoms with Gasteiger partial charge in [-0.15, -0.1) is 11.6 Å². The van der Waals surface area contributed by atoms with Crippen molar-refractivity contribution >= 4 is 29.2 Å². The topological polar surface area (TPSA) is 78.9 Å². The first-order valence-corrected chi connectivity index (χ1v) is 9.13. The van der Waals surface area contributed by atoms with E-state index in [1.54, 1.807) is 30.0 Å². The van der Waals surface area contributed by atoms with Gasteiger partial charge in [-0.1, -0.05) is 12.1 Å². The molecule has 1 aliphatic heterocycles. The van der Waals surface area contributed by atoms with Crippen molar-refractivity contribution in [3.05, 3.63) is 29.8 Å². The van der Waals surface area contributed by atoms with Gasteiger partial charge in [0.05, 0.1) is 30.1 Å². The van der Waals surface area contributed by atoms with Crippen molar-refractivity contribution in [3.63, 3.8) is 0 Å². The number of para-hydroxylation sites is 1. The van der Waals surface area contributed by atoms with Crippen LogP contribution in [0.2, 0.25) is 0 Å². The summed E-state index contributed by atoms with van der Waals surface area (Å²) in [7, 11) is 0. The smallest absolute Gasteiger partial charge is 0.310 e. The van der Waals surface area contributed by atoms with Crippen LogP contribution in [0.3, 0.4) is 0 Å². The maximum absolute atomic E-state index is 12.9. The highest BCUT2D eigenvalue weighted by Gasteiger charge is 2.30. The Morgan fingerprint density at radius 2 is 2.20 bits per heavy atom. The fourth-order valence-corrected chi connectivity index (χ4v) is 3.00. The van der Waals surface area contributed by atoms with Crippen LogP contribution in [0, 0.1) is 5.92 Å². The molecule has 0 bridgehead atoms. The van der Waals surface area contributed by atoms with E-state index in [-0.39, 0.29) is 30.2 Å². The van der Waals surface area contributed by atoms with E-state index in [4.69, 9.17) is 16.3 Å². The minimum atomic E-state index is -0.687. The van der Waals surface area contributed by atoms with Crippen LogP contribution in [0.5, 0.6) is 0 Å². The van der Waals surface area contributed by atoms with Crippen LogP contribution in [0.4, 0.5) is 5.69 Å². The summed E-state index contributed by atoms with van der Waals surface area (Å²) in [4.78, 5) is 26.6. The van der Waals surface area contributed by atoms with Crippen molar-refractivity contribution in [2.75, 3.05) is 37.4 Å². The lowest BCUT2D eigenvalue weighted by Gasteiger charge is -2.32.